The van der Waals surface area contributed by atoms with Gasteiger partial charge in [0.25, 0.3) is 0 Å². The minimum atomic E-state index is -3.66. The Labute approximate surface area is 143 Å². The van der Waals surface area contributed by atoms with Crippen molar-refractivity contribution < 1.29 is 13.2 Å². The first-order valence-electron chi connectivity index (χ1n) is 6.50. The van der Waals surface area contributed by atoms with Crippen LogP contribution in [0.5, 0.6) is 5.75 Å². The average molecular weight is 405 g/mol. The van der Waals surface area contributed by atoms with Crippen molar-refractivity contribution in [3.63, 3.8) is 0 Å². The number of nitrogens with one attached hydrogen (secondary N) is 1. The van der Waals surface area contributed by atoms with Gasteiger partial charge < -0.3 is 4.74 Å². The van der Waals surface area contributed by atoms with Gasteiger partial charge in [-0.2, -0.15) is 0 Å². The maximum Gasteiger partial charge on any atom is 0.242 e. The molecule has 22 heavy (non-hydrogen) atoms. The van der Waals surface area contributed by atoms with Crippen molar-refractivity contribution >= 4 is 37.6 Å². The first-order valence-corrected chi connectivity index (χ1v) is 9.16. The lowest BCUT2D eigenvalue weighted by Crippen LogP contribution is -2.26. The van der Waals surface area contributed by atoms with E-state index in [1.54, 1.807) is 19.2 Å². The lowest BCUT2D eigenvalue weighted by atomic mass is 10.1. The van der Waals surface area contributed by atoms with Crippen molar-refractivity contribution in [2.45, 2.75) is 11.3 Å². The average Bonchev–Trinajstić information content (AvgIpc) is 2.50. The summed E-state index contributed by atoms with van der Waals surface area (Å²) in [6.07, 6.45) is 0.523. The zero-order valence-electron chi connectivity index (χ0n) is 11.8. The van der Waals surface area contributed by atoms with Crippen LogP contribution in [0.25, 0.3) is 0 Å². The van der Waals surface area contributed by atoms with Gasteiger partial charge in [-0.15, -0.1) is 0 Å². The molecule has 2 rings (SSSR count). The van der Waals surface area contributed by atoms with Crippen molar-refractivity contribution in [3.05, 3.63) is 57.5 Å². The van der Waals surface area contributed by atoms with Crippen LogP contribution in [-0.4, -0.2) is 22.1 Å². The van der Waals surface area contributed by atoms with Crippen LogP contribution in [0.1, 0.15) is 5.56 Å². The summed E-state index contributed by atoms with van der Waals surface area (Å²) in [4.78, 5) is 0.0589. The molecule has 0 heterocycles. The Morgan fingerprint density at radius 2 is 1.95 bits per heavy atom. The molecule has 0 saturated heterocycles. The highest BCUT2D eigenvalue weighted by Crippen LogP contribution is 2.25. The summed E-state index contributed by atoms with van der Waals surface area (Å²) in [6, 6.07) is 12.2. The third kappa shape index (κ3) is 4.23. The molecule has 0 unspecified atom stereocenters. The number of hydrogen-bond acceptors (Lipinski definition) is 3. The smallest absolute Gasteiger partial charge is 0.242 e. The predicted molar refractivity (Wildman–Crippen MR) is 91.0 cm³/mol. The van der Waals surface area contributed by atoms with Crippen LogP contribution in [0.4, 0.5) is 0 Å². The maximum absolute atomic E-state index is 12.3. The van der Waals surface area contributed by atoms with Crippen LogP contribution in [-0.2, 0) is 16.4 Å². The van der Waals surface area contributed by atoms with E-state index in [2.05, 4.69) is 20.7 Å². The Kier molecular flexibility index (Phi) is 5.86. The molecule has 0 fully saturated rings. The normalized spacial score (nSPS) is 11.4. The highest BCUT2D eigenvalue weighted by Gasteiger charge is 2.18. The number of sulfonamides is 1. The summed E-state index contributed by atoms with van der Waals surface area (Å²) in [5, 5.41) is 0.188. The topological polar surface area (TPSA) is 55.4 Å². The Morgan fingerprint density at radius 1 is 1.23 bits per heavy atom. The van der Waals surface area contributed by atoms with Crippen LogP contribution in [0.2, 0.25) is 5.02 Å². The molecule has 0 radical (unpaired) electrons. The Morgan fingerprint density at radius 3 is 2.68 bits per heavy atom. The van der Waals surface area contributed by atoms with Crippen molar-refractivity contribution in [2.24, 2.45) is 0 Å². The van der Waals surface area contributed by atoms with E-state index in [1.807, 2.05) is 24.3 Å². The van der Waals surface area contributed by atoms with Gasteiger partial charge in [0.05, 0.1) is 12.1 Å². The number of ether oxygens (including phenoxy) is 1. The SMILES string of the molecule is COc1ccccc1CCNS(=O)(=O)c1cc(Br)ccc1Cl. The van der Waals surface area contributed by atoms with Gasteiger partial charge in [-0.3, -0.25) is 0 Å². The third-order valence-electron chi connectivity index (χ3n) is 3.06. The number of hydrogen-bond donors (Lipinski definition) is 1. The quantitative estimate of drug-likeness (QED) is 0.800. The molecule has 0 saturated carbocycles. The highest BCUT2D eigenvalue weighted by atomic mass is 79.9. The van der Waals surface area contributed by atoms with Crippen LogP contribution in [0.15, 0.2) is 51.8 Å². The first-order chi connectivity index (χ1) is 10.4. The fourth-order valence-corrected chi connectivity index (χ4v) is 4.06. The van der Waals surface area contributed by atoms with Crippen LogP contribution in [0, 0.1) is 0 Å². The fraction of sp³-hybridized carbons (Fsp3) is 0.200. The third-order valence-corrected chi connectivity index (χ3v) is 5.50. The van der Waals surface area contributed by atoms with Gasteiger partial charge >= 0.3 is 0 Å². The van der Waals surface area contributed by atoms with Crippen molar-refractivity contribution in [3.8, 4) is 5.75 Å². The van der Waals surface area contributed by atoms with Gasteiger partial charge in [0.1, 0.15) is 10.6 Å². The summed E-state index contributed by atoms with van der Waals surface area (Å²) < 4.78 is 33.1. The van der Waals surface area contributed by atoms with Crippen molar-refractivity contribution in [2.75, 3.05) is 13.7 Å². The zero-order chi connectivity index (χ0) is 16.2. The Balaban J connectivity index is 2.09. The second-order valence-electron chi connectivity index (χ2n) is 4.53. The summed E-state index contributed by atoms with van der Waals surface area (Å²) in [5.41, 5.74) is 0.938. The van der Waals surface area contributed by atoms with Gasteiger partial charge in [-0.25, -0.2) is 13.1 Å². The molecule has 0 atom stereocenters. The van der Waals surface area contributed by atoms with E-state index in [1.165, 1.54) is 6.07 Å². The van der Waals surface area contributed by atoms with E-state index >= 15 is 0 Å². The molecule has 0 aromatic heterocycles. The highest BCUT2D eigenvalue weighted by molar-refractivity contribution is 9.10. The summed E-state index contributed by atoms with van der Waals surface area (Å²) in [5.74, 6) is 0.738. The maximum atomic E-state index is 12.3. The number of para-hydroxylation sites is 1. The molecule has 2 aromatic rings. The fourth-order valence-electron chi connectivity index (χ4n) is 1.99. The largest absolute Gasteiger partial charge is 0.496 e. The number of methoxy groups -OCH3 is 1. The van der Waals surface area contributed by atoms with E-state index in [0.717, 1.165) is 11.3 Å². The second kappa shape index (κ2) is 7.46. The first kappa shape index (κ1) is 17.3. The molecule has 0 aliphatic heterocycles. The summed E-state index contributed by atoms with van der Waals surface area (Å²) in [6.45, 7) is 0.256. The standard InChI is InChI=1S/C15H15BrClNO3S/c1-21-14-5-3-2-4-11(14)8-9-18-22(19,20)15-10-12(16)6-7-13(15)17/h2-7,10,18H,8-9H2,1H3. The molecule has 0 aliphatic carbocycles. The Hall–Kier alpha value is -1.08. The Bertz CT molecular complexity index is 765. The monoisotopic (exact) mass is 403 g/mol. The van der Waals surface area contributed by atoms with Crippen molar-refractivity contribution in [1.29, 1.82) is 0 Å². The van der Waals surface area contributed by atoms with Crippen LogP contribution >= 0.6 is 27.5 Å². The molecule has 0 aliphatic rings. The van der Waals surface area contributed by atoms with E-state index in [4.69, 9.17) is 16.3 Å². The van der Waals surface area contributed by atoms with Gasteiger partial charge in [-0.05, 0) is 36.2 Å². The van der Waals surface area contributed by atoms with E-state index < -0.39 is 10.0 Å². The van der Waals surface area contributed by atoms with Crippen molar-refractivity contribution in [1.82, 2.24) is 4.72 Å². The van der Waals surface area contributed by atoms with Crippen LogP contribution < -0.4 is 9.46 Å². The van der Waals surface area contributed by atoms with Gasteiger partial charge in [0.15, 0.2) is 0 Å². The van der Waals surface area contributed by atoms with E-state index in [9.17, 15) is 8.42 Å². The molecule has 2 aromatic carbocycles. The van der Waals surface area contributed by atoms with E-state index in [-0.39, 0.29) is 16.5 Å². The minimum absolute atomic E-state index is 0.0589. The van der Waals surface area contributed by atoms with Crippen LogP contribution in [0.3, 0.4) is 0 Å². The molecule has 118 valence electrons. The number of halogens is 2. The molecular formula is C15H15BrClNO3S. The molecule has 4 nitrogen and oxygen atoms in total. The van der Waals surface area contributed by atoms with Gasteiger partial charge in [0.2, 0.25) is 10.0 Å². The van der Waals surface area contributed by atoms with Gasteiger partial charge in [-0.1, -0.05) is 45.7 Å². The molecule has 0 amide bonds. The molecule has 1 N–H and O–H groups in total. The zero-order valence-corrected chi connectivity index (χ0v) is 15.0. The lowest BCUT2D eigenvalue weighted by Gasteiger charge is -2.10. The number of benzene rings is 2. The number of rotatable bonds is 6. The predicted octanol–water partition coefficient (Wildman–Crippen LogP) is 3.63. The molecule has 0 bridgehead atoms. The molecular weight excluding hydrogens is 390 g/mol. The molecule has 7 heteroatoms. The van der Waals surface area contributed by atoms with E-state index in [0.29, 0.717) is 10.9 Å². The minimum Gasteiger partial charge on any atom is -0.496 e. The lowest BCUT2D eigenvalue weighted by molar-refractivity contribution is 0.409. The second-order valence-corrected chi connectivity index (χ2v) is 7.59. The molecule has 0 spiro atoms. The van der Waals surface area contributed by atoms with Gasteiger partial charge in [0, 0.05) is 11.0 Å². The summed E-state index contributed by atoms with van der Waals surface area (Å²) in [7, 11) is -2.07. The summed E-state index contributed by atoms with van der Waals surface area (Å²) >= 11 is 9.21.